The van der Waals surface area contributed by atoms with Crippen molar-refractivity contribution in [1.82, 2.24) is 0 Å². The Balaban J connectivity index is 3.06. The van der Waals surface area contributed by atoms with Gasteiger partial charge in [-0.2, -0.15) is 0 Å². The van der Waals surface area contributed by atoms with E-state index in [4.69, 9.17) is 0 Å². The lowest BCUT2D eigenvalue weighted by Crippen LogP contribution is -2.20. The molecule has 0 heterocycles. The third-order valence-corrected chi connectivity index (χ3v) is 2.85. The van der Waals surface area contributed by atoms with Gasteiger partial charge >= 0.3 is 3.36 Å². The molecule has 0 amide bonds. The molecule has 0 spiro atoms. The van der Waals surface area contributed by atoms with Crippen molar-refractivity contribution in [2.75, 3.05) is 0 Å². The summed E-state index contributed by atoms with van der Waals surface area (Å²) in [5.41, 5.74) is 0.565. The van der Waals surface area contributed by atoms with E-state index in [1.807, 2.05) is 0 Å². The quantitative estimate of drug-likeness (QED) is 0.364. The van der Waals surface area contributed by atoms with Crippen LogP contribution in [0.5, 0.6) is 0 Å². The third-order valence-electron chi connectivity index (χ3n) is 1.35. The van der Waals surface area contributed by atoms with Gasteiger partial charge in [0.1, 0.15) is 0 Å². The number of nitrogens with zero attached hydrogens (tertiary/aromatic N) is 1. The van der Waals surface area contributed by atoms with Gasteiger partial charge in [0.15, 0.2) is 0 Å². The topological polar surface area (TPSA) is 43.1 Å². The highest BCUT2D eigenvalue weighted by Gasteiger charge is 2.38. The molecule has 1 aromatic rings. The summed E-state index contributed by atoms with van der Waals surface area (Å²) >= 11 is 5.94. The lowest BCUT2D eigenvalue weighted by molar-refractivity contribution is -0.510. The number of nitro groups is 1. The minimum absolute atomic E-state index is 0.442. The van der Waals surface area contributed by atoms with Crippen molar-refractivity contribution in [1.29, 1.82) is 0 Å². The zero-order valence-corrected chi connectivity index (χ0v) is 9.08. The SMILES string of the molecule is O=[N+]([O-])C(Br)(Br)c1ccccc1. The zero-order chi connectivity index (χ0) is 9.19. The summed E-state index contributed by atoms with van der Waals surface area (Å²) in [6, 6.07) is 8.64. The smallest absolute Gasteiger partial charge is 0.262 e. The van der Waals surface area contributed by atoms with Crippen LogP contribution in [-0.2, 0) is 3.36 Å². The molecular formula is C7H5Br2NO2. The van der Waals surface area contributed by atoms with E-state index in [-0.39, 0.29) is 0 Å². The summed E-state index contributed by atoms with van der Waals surface area (Å²) in [5.74, 6) is 0. The molecule has 0 fully saturated rings. The Hall–Kier alpha value is -0.420. The molecule has 64 valence electrons. The molecule has 0 radical (unpaired) electrons. The van der Waals surface area contributed by atoms with E-state index in [9.17, 15) is 10.1 Å². The molecule has 0 aliphatic carbocycles. The van der Waals surface area contributed by atoms with Crippen molar-refractivity contribution in [3.63, 3.8) is 0 Å². The molecule has 0 aliphatic rings. The summed E-state index contributed by atoms with van der Waals surface area (Å²) in [6.07, 6.45) is 0. The van der Waals surface area contributed by atoms with Gasteiger partial charge in [-0.3, -0.25) is 10.1 Å². The van der Waals surface area contributed by atoms with Gasteiger partial charge in [-0.25, -0.2) is 0 Å². The number of hydrogen-bond donors (Lipinski definition) is 0. The van der Waals surface area contributed by atoms with Crippen LogP contribution in [0.25, 0.3) is 0 Å². The molecule has 1 rings (SSSR count). The maximum absolute atomic E-state index is 10.5. The predicted molar refractivity (Wildman–Crippen MR) is 53.0 cm³/mol. The second-order valence-corrected chi connectivity index (χ2v) is 5.52. The van der Waals surface area contributed by atoms with Gasteiger partial charge in [0.2, 0.25) is 0 Å². The number of hydrogen-bond acceptors (Lipinski definition) is 2. The molecule has 0 N–H and O–H groups in total. The van der Waals surface area contributed by atoms with Crippen LogP contribution in [0, 0.1) is 10.1 Å². The number of halogens is 2. The van der Waals surface area contributed by atoms with Crippen molar-refractivity contribution < 1.29 is 4.92 Å². The molecule has 0 bridgehead atoms. The average molecular weight is 295 g/mol. The van der Waals surface area contributed by atoms with Crippen LogP contribution in [-0.4, -0.2) is 4.92 Å². The van der Waals surface area contributed by atoms with E-state index in [0.717, 1.165) is 0 Å². The molecule has 0 aromatic heterocycles. The molecule has 0 aliphatic heterocycles. The Bertz CT molecular complexity index is 287. The molecule has 3 nitrogen and oxygen atoms in total. The number of rotatable bonds is 2. The Morgan fingerprint density at radius 1 is 1.25 bits per heavy atom. The van der Waals surface area contributed by atoms with Crippen LogP contribution in [0.3, 0.4) is 0 Å². The molecule has 0 saturated carbocycles. The molecule has 0 atom stereocenters. The van der Waals surface area contributed by atoms with Crippen LogP contribution < -0.4 is 0 Å². The summed E-state index contributed by atoms with van der Waals surface area (Å²) in [6.45, 7) is 0. The first kappa shape index (κ1) is 9.67. The Morgan fingerprint density at radius 3 is 2.17 bits per heavy atom. The van der Waals surface area contributed by atoms with Gasteiger partial charge in [0, 0.05) is 31.9 Å². The lowest BCUT2D eigenvalue weighted by Gasteiger charge is -2.10. The van der Waals surface area contributed by atoms with E-state index in [0.29, 0.717) is 5.56 Å². The Labute approximate surface area is 86.2 Å². The van der Waals surface area contributed by atoms with Gasteiger partial charge in [-0.15, -0.1) is 0 Å². The second-order valence-electron chi connectivity index (χ2n) is 2.16. The first-order valence-corrected chi connectivity index (χ1v) is 4.71. The second kappa shape index (κ2) is 3.53. The first-order chi connectivity index (χ1) is 5.55. The van der Waals surface area contributed by atoms with Crippen LogP contribution in [0.15, 0.2) is 30.3 Å². The molecule has 0 unspecified atom stereocenters. The Kier molecular flexibility index (Phi) is 2.85. The fraction of sp³-hybridized carbons (Fsp3) is 0.143. The first-order valence-electron chi connectivity index (χ1n) is 3.13. The maximum Gasteiger partial charge on any atom is 0.352 e. The number of alkyl halides is 2. The maximum atomic E-state index is 10.5. The van der Waals surface area contributed by atoms with Crippen LogP contribution >= 0.6 is 31.9 Å². The molecule has 5 heteroatoms. The van der Waals surface area contributed by atoms with Crippen molar-refractivity contribution in [3.8, 4) is 0 Å². The average Bonchev–Trinajstić information content (AvgIpc) is 2.06. The van der Waals surface area contributed by atoms with Crippen LogP contribution in [0.2, 0.25) is 0 Å². The minimum atomic E-state index is -1.36. The van der Waals surface area contributed by atoms with Crippen molar-refractivity contribution in [2.24, 2.45) is 0 Å². The van der Waals surface area contributed by atoms with Gasteiger partial charge in [0.05, 0.1) is 10.5 Å². The monoisotopic (exact) mass is 293 g/mol. The molecule has 12 heavy (non-hydrogen) atoms. The summed E-state index contributed by atoms with van der Waals surface area (Å²) in [4.78, 5) is 10.1. The third kappa shape index (κ3) is 1.84. The fourth-order valence-corrected chi connectivity index (χ4v) is 1.27. The van der Waals surface area contributed by atoms with E-state index in [1.54, 1.807) is 30.3 Å². The Morgan fingerprint density at radius 2 is 1.75 bits per heavy atom. The summed E-state index contributed by atoms with van der Waals surface area (Å²) < 4.78 is -1.36. The number of benzene rings is 1. The predicted octanol–water partition coefficient (Wildman–Crippen LogP) is 2.86. The van der Waals surface area contributed by atoms with Crippen molar-refractivity contribution >= 4 is 31.9 Å². The molecular weight excluding hydrogens is 290 g/mol. The lowest BCUT2D eigenvalue weighted by atomic mass is 10.2. The largest absolute Gasteiger partial charge is 0.352 e. The van der Waals surface area contributed by atoms with Crippen molar-refractivity contribution in [3.05, 3.63) is 46.0 Å². The summed E-state index contributed by atoms with van der Waals surface area (Å²) in [5, 5.41) is 10.5. The molecule has 1 aromatic carbocycles. The standard InChI is InChI=1S/C7H5Br2NO2/c8-7(9,10(11)12)6-4-2-1-3-5-6/h1-5H. The van der Waals surface area contributed by atoms with Gasteiger partial charge < -0.3 is 0 Å². The highest BCUT2D eigenvalue weighted by atomic mass is 79.9. The molecule has 0 saturated heterocycles. The van der Waals surface area contributed by atoms with Crippen LogP contribution in [0.1, 0.15) is 5.56 Å². The minimum Gasteiger partial charge on any atom is -0.262 e. The highest BCUT2D eigenvalue weighted by molar-refractivity contribution is 9.24. The van der Waals surface area contributed by atoms with E-state index in [2.05, 4.69) is 31.9 Å². The normalized spacial score (nSPS) is 11.2. The van der Waals surface area contributed by atoms with Gasteiger partial charge in [-0.05, 0) is 12.1 Å². The highest BCUT2D eigenvalue weighted by Crippen LogP contribution is 2.37. The van der Waals surface area contributed by atoms with E-state index >= 15 is 0 Å². The van der Waals surface area contributed by atoms with Crippen LogP contribution in [0.4, 0.5) is 0 Å². The zero-order valence-electron chi connectivity index (χ0n) is 5.91. The van der Waals surface area contributed by atoms with E-state index in [1.165, 1.54) is 0 Å². The van der Waals surface area contributed by atoms with Gasteiger partial charge in [-0.1, -0.05) is 18.2 Å². The van der Waals surface area contributed by atoms with E-state index < -0.39 is 8.28 Å². The fourth-order valence-electron chi connectivity index (χ4n) is 0.744. The summed E-state index contributed by atoms with van der Waals surface area (Å²) in [7, 11) is 0. The van der Waals surface area contributed by atoms with Gasteiger partial charge in [0.25, 0.3) is 0 Å². The van der Waals surface area contributed by atoms with Crippen molar-refractivity contribution in [2.45, 2.75) is 3.36 Å².